The monoisotopic (exact) mass is 334 g/mol. The summed E-state index contributed by atoms with van der Waals surface area (Å²) in [5, 5.41) is 4.02. The van der Waals surface area contributed by atoms with Crippen molar-refractivity contribution in [2.45, 2.75) is 6.92 Å². The fourth-order valence-electron chi connectivity index (χ4n) is 1.60. The van der Waals surface area contributed by atoms with Gasteiger partial charge >= 0.3 is 0 Å². The van der Waals surface area contributed by atoms with Gasteiger partial charge in [-0.2, -0.15) is 5.10 Å². The molecular formula is C15H12BrFN2O. The van der Waals surface area contributed by atoms with Crippen LogP contribution in [0.4, 0.5) is 4.39 Å². The lowest BCUT2D eigenvalue weighted by Crippen LogP contribution is -2.19. The van der Waals surface area contributed by atoms with Crippen LogP contribution in [0.2, 0.25) is 0 Å². The number of halogens is 2. The van der Waals surface area contributed by atoms with Gasteiger partial charge in [-0.3, -0.25) is 4.79 Å². The third kappa shape index (κ3) is 3.51. The molecule has 102 valence electrons. The first-order valence-corrected chi connectivity index (χ1v) is 6.72. The summed E-state index contributed by atoms with van der Waals surface area (Å²) in [7, 11) is 0. The van der Waals surface area contributed by atoms with Crippen LogP contribution in [0.1, 0.15) is 22.8 Å². The molecule has 1 amide bonds. The highest BCUT2D eigenvalue weighted by Gasteiger charge is 2.08. The quantitative estimate of drug-likeness (QED) is 0.674. The number of hydrazone groups is 1. The lowest BCUT2D eigenvalue weighted by molar-refractivity contribution is 0.0954. The van der Waals surface area contributed by atoms with E-state index in [1.54, 1.807) is 37.3 Å². The number of hydrogen-bond acceptors (Lipinski definition) is 2. The summed E-state index contributed by atoms with van der Waals surface area (Å²) in [5.74, 6) is -0.613. The first kappa shape index (κ1) is 14.4. The second kappa shape index (κ2) is 6.43. The fourth-order valence-corrected chi connectivity index (χ4v) is 2.06. The smallest absolute Gasteiger partial charge is 0.267 e. The number of hydrogen-bond donors (Lipinski definition) is 1. The van der Waals surface area contributed by atoms with Crippen molar-refractivity contribution < 1.29 is 9.18 Å². The molecule has 0 aromatic heterocycles. The van der Waals surface area contributed by atoms with E-state index in [2.05, 4.69) is 26.5 Å². The molecule has 0 saturated heterocycles. The summed E-state index contributed by atoms with van der Waals surface area (Å²) in [6.45, 7) is 1.74. The summed E-state index contributed by atoms with van der Waals surface area (Å²) >= 11 is 3.31. The molecule has 0 unspecified atom stereocenters. The molecule has 2 aromatic rings. The van der Waals surface area contributed by atoms with Gasteiger partial charge in [-0.05, 0) is 52.7 Å². The van der Waals surface area contributed by atoms with Gasteiger partial charge < -0.3 is 0 Å². The predicted molar refractivity (Wildman–Crippen MR) is 80.2 cm³/mol. The summed E-state index contributed by atoms with van der Waals surface area (Å²) in [6.07, 6.45) is 0. The number of nitrogens with one attached hydrogen (secondary N) is 1. The van der Waals surface area contributed by atoms with Crippen LogP contribution in [0, 0.1) is 5.82 Å². The minimum Gasteiger partial charge on any atom is -0.267 e. The minimum atomic E-state index is -0.307. The number of rotatable bonds is 3. The van der Waals surface area contributed by atoms with E-state index in [9.17, 15) is 9.18 Å². The zero-order valence-electron chi connectivity index (χ0n) is 10.7. The molecule has 5 heteroatoms. The van der Waals surface area contributed by atoms with Crippen LogP contribution >= 0.6 is 15.9 Å². The molecule has 0 atom stereocenters. The van der Waals surface area contributed by atoms with E-state index in [0.29, 0.717) is 15.7 Å². The molecule has 2 rings (SSSR count). The first-order valence-electron chi connectivity index (χ1n) is 5.93. The number of carbonyl (C=O) groups excluding carboxylic acids is 1. The number of nitrogens with zero attached hydrogens (tertiary/aromatic N) is 1. The maximum Gasteiger partial charge on any atom is 0.272 e. The van der Waals surface area contributed by atoms with Crippen molar-refractivity contribution in [1.29, 1.82) is 0 Å². The molecule has 20 heavy (non-hydrogen) atoms. The molecule has 0 radical (unpaired) electrons. The molecule has 0 heterocycles. The van der Waals surface area contributed by atoms with Crippen molar-refractivity contribution in [2.24, 2.45) is 5.10 Å². The van der Waals surface area contributed by atoms with Crippen LogP contribution < -0.4 is 5.43 Å². The van der Waals surface area contributed by atoms with E-state index in [1.165, 1.54) is 12.1 Å². The maximum absolute atomic E-state index is 12.8. The van der Waals surface area contributed by atoms with E-state index in [4.69, 9.17) is 0 Å². The Bertz CT molecular complexity index is 653. The Balaban J connectivity index is 2.11. The molecule has 0 aliphatic heterocycles. The van der Waals surface area contributed by atoms with E-state index >= 15 is 0 Å². The van der Waals surface area contributed by atoms with Gasteiger partial charge in [0, 0.05) is 4.47 Å². The molecule has 1 N–H and O–H groups in total. The van der Waals surface area contributed by atoms with Crippen LogP contribution in [0.15, 0.2) is 58.1 Å². The van der Waals surface area contributed by atoms with Crippen LogP contribution in [0.5, 0.6) is 0 Å². The van der Waals surface area contributed by atoms with Gasteiger partial charge in [0.05, 0.1) is 11.3 Å². The third-order valence-corrected chi connectivity index (χ3v) is 3.40. The number of amides is 1. The molecule has 0 fully saturated rings. The Morgan fingerprint density at radius 2 is 1.80 bits per heavy atom. The second-order valence-electron chi connectivity index (χ2n) is 4.12. The van der Waals surface area contributed by atoms with E-state index in [0.717, 1.165) is 5.56 Å². The van der Waals surface area contributed by atoms with E-state index in [-0.39, 0.29) is 11.7 Å². The molecule has 2 aromatic carbocycles. The van der Waals surface area contributed by atoms with Gasteiger partial charge in [0.2, 0.25) is 0 Å². The Hall–Kier alpha value is -2.01. The standard InChI is InChI=1S/C15H12BrFN2O/c1-10(11-6-8-12(17)9-7-11)18-19-15(20)13-4-2-3-5-14(13)16/h2-9H,1H3,(H,19,20)/b18-10-. The number of carbonyl (C=O) groups is 1. The van der Waals surface area contributed by atoms with Gasteiger partial charge in [0.25, 0.3) is 5.91 Å². The Morgan fingerprint density at radius 1 is 1.15 bits per heavy atom. The lowest BCUT2D eigenvalue weighted by Gasteiger charge is -2.04. The van der Waals surface area contributed by atoms with Crippen molar-refractivity contribution in [3.05, 3.63) is 69.9 Å². The Morgan fingerprint density at radius 3 is 2.45 bits per heavy atom. The van der Waals surface area contributed by atoms with Crippen molar-refractivity contribution in [3.8, 4) is 0 Å². The largest absolute Gasteiger partial charge is 0.272 e. The van der Waals surface area contributed by atoms with E-state index in [1.807, 2.05) is 6.07 Å². The first-order chi connectivity index (χ1) is 9.58. The van der Waals surface area contributed by atoms with Crippen LogP contribution in [-0.2, 0) is 0 Å². The topological polar surface area (TPSA) is 41.5 Å². The second-order valence-corrected chi connectivity index (χ2v) is 4.98. The lowest BCUT2D eigenvalue weighted by atomic mass is 10.1. The average molecular weight is 335 g/mol. The molecular weight excluding hydrogens is 323 g/mol. The van der Waals surface area contributed by atoms with Gasteiger partial charge in [0.1, 0.15) is 5.82 Å². The average Bonchev–Trinajstić information content (AvgIpc) is 2.45. The van der Waals surface area contributed by atoms with Crippen LogP contribution in [0.3, 0.4) is 0 Å². The molecule has 0 saturated carbocycles. The molecule has 0 aliphatic rings. The normalized spacial score (nSPS) is 11.2. The zero-order chi connectivity index (χ0) is 14.5. The highest BCUT2D eigenvalue weighted by molar-refractivity contribution is 9.10. The molecule has 0 bridgehead atoms. The van der Waals surface area contributed by atoms with Crippen molar-refractivity contribution in [1.82, 2.24) is 5.43 Å². The van der Waals surface area contributed by atoms with E-state index < -0.39 is 0 Å². The molecule has 0 aliphatic carbocycles. The van der Waals surface area contributed by atoms with Crippen molar-refractivity contribution >= 4 is 27.5 Å². The molecule has 3 nitrogen and oxygen atoms in total. The highest BCUT2D eigenvalue weighted by atomic mass is 79.9. The van der Waals surface area contributed by atoms with Gasteiger partial charge in [-0.15, -0.1) is 0 Å². The highest BCUT2D eigenvalue weighted by Crippen LogP contribution is 2.15. The van der Waals surface area contributed by atoms with Gasteiger partial charge in [0.15, 0.2) is 0 Å². The zero-order valence-corrected chi connectivity index (χ0v) is 12.3. The Kier molecular flexibility index (Phi) is 4.63. The SMILES string of the molecule is C/C(=N/NC(=O)c1ccccc1Br)c1ccc(F)cc1. The third-order valence-electron chi connectivity index (χ3n) is 2.71. The molecule has 0 spiro atoms. The van der Waals surface area contributed by atoms with Gasteiger partial charge in [-0.1, -0.05) is 24.3 Å². The van der Waals surface area contributed by atoms with Crippen LogP contribution in [-0.4, -0.2) is 11.6 Å². The summed E-state index contributed by atoms with van der Waals surface area (Å²) in [6, 6.07) is 13.0. The van der Waals surface area contributed by atoms with Crippen molar-refractivity contribution in [2.75, 3.05) is 0 Å². The maximum atomic E-state index is 12.8. The summed E-state index contributed by atoms with van der Waals surface area (Å²) in [5.41, 5.74) is 4.33. The van der Waals surface area contributed by atoms with Gasteiger partial charge in [-0.25, -0.2) is 9.82 Å². The summed E-state index contributed by atoms with van der Waals surface area (Å²) in [4.78, 5) is 11.9. The fraction of sp³-hybridized carbons (Fsp3) is 0.0667. The number of benzene rings is 2. The summed E-state index contributed by atoms with van der Waals surface area (Å²) < 4.78 is 13.5. The van der Waals surface area contributed by atoms with Crippen molar-refractivity contribution in [3.63, 3.8) is 0 Å². The van der Waals surface area contributed by atoms with Crippen LogP contribution in [0.25, 0.3) is 0 Å². The minimum absolute atomic E-state index is 0.307. The Labute approximate surface area is 124 Å². The predicted octanol–water partition coefficient (Wildman–Crippen LogP) is 3.74.